The Hall–Kier alpha value is -8.69. The van der Waals surface area contributed by atoms with Gasteiger partial charge in [-0.2, -0.15) is 45.1 Å². The number of hydrogen-bond acceptors (Lipinski definition) is 12. The second-order valence-corrected chi connectivity index (χ2v) is 17.8. The third-order valence-electron chi connectivity index (χ3n) is 8.28. The van der Waals surface area contributed by atoms with Crippen molar-refractivity contribution in [3.63, 3.8) is 0 Å². The van der Waals surface area contributed by atoms with Crippen LogP contribution in [0.3, 0.4) is 0 Å². The minimum absolute atomic E-state index is 0.0392. The predicted octanol–water partition coefficient (Wildman–Crippen LogP) is 4.19. The molecular formula is C51H77N21O3S. The SMILES string of the molecule is CC(C)c1ccc(CN=C(NC#N)N2CCOCC2)o1.CC(C)c1csc(CN=C(N)NC#N)n1.[C-]#[N+]NC(=NCC#CC(C)C)N(C)C.[C-]#[N+]NC(=NCCO)NCC#CC(C)C.[C-]#[N+]NC(N)=NCC#CC(C)C. The summed E-state index contributed by atoms with van der Waals surface area (Å²) in [6, 6.07) is 3.91. The minimum Gasteiger partial charge on any atom is -0.464 e. The Bertz CT molecular complexity index is 2520. The number of nitrogens with one attached hydrogen (secondary N) is 6. The highest BCUT2D eigenvalue weighted by atomic mass is 32.1. The second-order valence-electron chi connectivity index (χ2n) is 16.8. The van der Waals surface area contributed by atoms with Crippen LogP contribution in [0.25, 0.3) is 14.9 Å². The summed E-state index contributed by atoms with van der Waals surface area (Å²) in [6.07, 6.45) is 3.64. The number of aliphatic hydroxyl groups is 1. The Labute approximate surface area is 455 Å². The fourth-order valence-electron chi connectivity index (χ4n) is 4.79. The van der Waals surface area contributed by atoms with E-state index in [2.05, 4.69) is 140 Å². The van der Waals surface area contributed by atoms with E-state index in [0.717, 1.165) is 35.3 Å². The average Bonchev–Trinajstić information content (AvgIpc) is 4.07. The maximum absolute atomic E-state index is 8.82. The van der Waals surface area contributed by atoms with Crippen LogP contribution in [0.1, 0.15) is 103 Å². The van der Waals surface area contributed by atoms with Crippen LogP contribution < -0.4 is 43.7 Å². The first-order valence-corrected chi connectivity index (χ1v) is 24.9. The van der Waals surface area contributed by atoms with Gasteiger partial charge in [0, 0.05) is 56.2 Å². The van der Waals surface area contributed by atoms with Gasteiger partial charge in [0.05, 0.1) is 45.1 Å². The number of furan rings is 1. The van der Waals surface area contributed by atoms with Gasteiger partial charge in [0.15, 0.2) is 12.4 Å². The number of morpholine rings is 1. The highest BCUT2D eigenvalue weighted by Crippen LogP contribution is 2.19. The van der Waals surface area contributed by atoms with E-state index in [-0.39, 0.29) is 25.1 Å². The smallest absolute Gasteiger partial charge is 0.265 e. The summed E-state index contributed by atoms with van der Waals surface area (Å²) in [4.78, 5) is 37.2. The number of thiazole rings is 1. The summed E-state index contributed by atoms with van der Waals surface area (Å²) in [5, 5.41) is 36.3. The molecule has 2 aromatic rings. The molecule has 0 unspecified atom stereocenters. The van der Waals surface area contributed by atoms with Crippen LogP contribution in [-0.4, -0.2) is 123 Å². The maximum Gasteiger partial charge on any atom is 0.265 e. The van der Waals surface area contributed by atoms with E-state index >= 15 is 0 Å². The van der Waals surface area contributed by atoms with Gasteiger partial charge in [-0.05, 0) is 18.1 Å². The fourth-order valence-corrected chi connectivity index (χ4v) is 5.66. The monoisotopic (exact) mass is 1060 g/mol. The van der Waals surface area contributed by atoms with Gasteiger partial charge in [0.2, 0.25) is 11.9 Å². The average molecular weight is 1060 g/mol. The normalized spacial score (nSPS) is 12.0. The first-order chi connectivity index (χ1) is 36.3. The van der Waals surface area contributed by atoms with Gasteiger partial charge in [-0.15, -0.1) is 11.3 Å². The standard InChI is InChI=1S/C14H20N4O2.C10H16N4O.C10H16N4.C9H13N5S.C8H12N4/c1-11(2)13-4-3-12(20-13)9-16-14(17-10-15)18-5-7-19-8-6-18;1-9(2)5-4-6-12-10(14-11-3)13-7-8-15;1-9(2)7-6-8-12-10(13-11-3)14(4)5;1-6(2)7-4-15-8(14-7)3-12-9(11)13-5-10;1-7(2)5-4-6-11-8(9)12-10-3/h3-4,11H,5-9H2,1-2H3,(H,16,17);9,15H,6-8H2,1-2H3,(H2,12,13,14);9H,8H2,1-2,4-5H3,(H,12,13);4,6H,3H2,1-2H3,(H3,11,12,13);7H,6H2,1-2H3,(H3,9,11,12). The number of aliphatic imine (C=N–C) groups is 5. The van der Waals surface area contributed by atoms with E-state index in [9.17, 15) is 0 Å². The molecule has 0 aromatic carbocycles. The van der Waals surface area contributed by atoms with Crippen molar-refractivity contribution < 1.29 is 14.3 Å². The summed E-state index contributed by atoms with van der Waals surface area (Å²) >= 11 is 1.55. The first kappa shape index (κ1) is 69.4. The van der Waals surface area contributed by atoms with E-state index in [0.29, 0.717) is 93.4 Å². The van der Waals surface area contributed by atoms with Crippen LogP contribution in [0.2, 0.25) is 0 Å². The number of nitriles is 2. The Morgan fingerprint density at radius 3 is 1.87 bits per heavy atom. The summed E-state index contributed by atoms with van der Waals surface area (Å²) in [7, 11) is 3.65. The Balaban J connectivity index is 0. The third-order valence-corrected chi connectivity index (χ3v) is 9.13. The number of nitrogens with zero attached hydrogens (tertiary/aromatic N) is 13. The van der Waals surface area contributed by atoms with Crippen LogP contribution in [-0.2, 0) is 17.8 Å². The van der Waals surface area contributed by atoms with E-state index < -0.39 is 0 Å². The fraction of sp³-hybridized carbons (Fsp3) is 0.549. The van der Waals surface area contributed by atoms with Crippen LogP contribution >= 0.6 is 11.3 Å². The van der Waals surface area contributed by atoms with E-state index in [1.54, 1.807) is 22.4 Å². The van der Waals surface area contributed by atoms with Crippen LogP contribution in [0.5, 0.6) is 0 Å². The van der Waals surface area contributed by atoms with E-state index in [1.807, 2.05) is 84.2 Å². The van der Waals surface area contributed by atoms with E-state index in [1.165, 1.54) is 0 Å². The number of hydrogen-bond donors (Lipinski definition) is 9. The lowest BCUT2D eigenvalue weighted by atomic mass is 10.2. The first-order valence-electron chi connectivity index (χ1n) is 24.0. The number of aromatic nitrogens is 1. The highest BCUT2D eigenvalue weighted by Gasteiger charge is 2.15. The van der Waals surface area contributed by atoms with Gasteiger partial charge in [-0.3, -0.25) is 10.6 Å². The molecule has 0 amide bonds. The molecule has 3 heterocycles. The Morgan fingerprint density at radius 2 is 1.37 bits per heavy atom. The molecular weight excluding hydrogens is 987 g/mol. The Kier molecular flexibility index (Phi) is 41.1. The van der Waals surface area contributed by atoms with Crippen molar-refractivity contribution in [3.8, 4) is 47.9 Å². The topological polar surface area (TPSA) is 309 Å². The maximum atomic E-state index is 8.82. The van der Waals surface area contributed by atoms with Crippen molar-refractivity contribution in [2.75, 3.05) is 73.2 Å². The third kappa shape index (κ3) is 38.9. The Morgan fingerprint density at radius 1 is 0.776 bits per heavy atom. The molecule has 0 spiro atoms. The van der Waals surface area contributed by atoms with E-state index in [4.69, 9.17) is 56.0 Å². The zero-order valence-electron chi connectivity index (χ0n) is 46.0. The molecule has 2 aromatic heterocycles. The lowest BCUT2D eigenvalue weighted by Crippen LogP contribution is -2.46. The van der Waals surface area contributed by atoms with Crippen molar-refractivity contribution in [1.29, 1.82) is 10.5 Å². The van der Waals surface area contributed by atoms with Crippen molar-refractivity contribution in [2.45, 2.75) is 94.2 Å². The van der Waals surface area contributed by atoms with Gasteiger partial charge < -0.3 is 40.8 Å². The molecule has 0 atom stereocenters. The van der Waals surface area contributed by atoms with Crippen LogP contribution in [0.15, 0.2) is 46.9 Å². The number of ether oxygens (including phenoxy) is 1. The number of nitrogens with two attached hydrogens (primary N) is 2. The number of rotatable bonds is 11. The molecule has 76 heavy (non-hydrogen) atoms. The van der Waals surface area contributed by atoms with Gasteiger partial charge in [-0.25, -0.2) is 29.9 Å². The van der Waals surface area contributed by atoms with Gasteiger partial charge in [0.1, 0.15) is 36.2 Å². The molecule has 1 saturated heterocycles. The molecule has 0 bridgehead atoms. The van der Waals surface area contributed by atoms with Crippen molar-refractivity contribution in [1.82, 2.24) is 47.0 Å². The van der Waals surface area contributed by atoms with Gasteiger partial charge in [0.25, 0.3) is 17.9 Å². The molecule has 1 aliphatic heterocycles. The number of guanidine groups is 5. The molecule has 1 aliphatic rings. The van der Waals surface area contributed by atoms with Crippen molar-refractivity contribution in [3.05, 3.63) is 74.3 Å². The molecule has 0 aliphatic carbocycles. The quantitative estimate of drug-likeness (QED) is 0.0290. The second kappa shape index (κ2) is 45.0. The van der Waals surface area contributed by atoms with Gasteiger partial charge in [-0.1, -0.05) is 121 Å². The zero-order valence-corrected chi connectivity index (χ0v) is 46.9. The van der Waals surface area contributed by atoms with Crippen molar-refractivity contribution >= 4 is 41.1 Å². The largest absolute Gasteiger partial charge is 0.464 e. The minimum atomic E-state index is -0.0392. The van der Waals surface area contributed by atoms with Crippen LogP contribution in [0, 0.1) is 95.9 Å². The molecule has 0 radical (unpaired) electrons. The van der Waals surface area contributed by atoms with Crippen LogP contribution in [0.4, 0.5) is 0 Å². The predicted molar refractivity (Wildman–Crippen MR) is 302 cm³/mol. The molecule has 3 rings (SSSR count). The summed E-state index contributed by atoms with van der Waals surface area (Å²) in [6.45, 7) is 45.1. The summed E-state index contributed by atoms with van der Waals surface area (Å²) in [5.74, 6) is 22.8. The summed E-state index contributed by atoms with van der Waals surface area (Å²) < 4.78 is 11.0. The lowest BCUT2D eigenvalue weighted by molar-refractivity contribution is 0.0668. The zero-order chi connectivity index (χ0) is 57.5. The molecule has 11 N–H and O–H groups in total. The number of aliphatic hydroxyl groups excluding tert-OH is 1. The molecule has 24 nitrogen and oxygen atoms in total. The van der Waals surface area contributed by atoms with Crippen molar-refractivity contribution in [2.24, 2.45) is 54.2 Å². The molecule has 1 fully saturated rings. The molecule has 25 heteroatoms. The van der Waals surface area contributed by atoms with Gasteiger partial charge >= 0.3 is 0 Å². The lowest BCUT2D eigenvalue weighted by Gasteiger charge is -2.28. The molecule has 0 saturated carbocycles. The summed E-state index contributed by atoms with van der Waals surface area (Å²) in [5.41, 5.74) is 18.7. The molecule has 410 valence electrons. The highest BCUT2D eigenvalue weighted by molar-refractivity contribution is 7.09.